The number of thiophene rings is 1. The lowest BCUT2D eigenvalue weighted by Gasteiger charge is -2.34. The molecule has 3 heterocycles. The van der Waals surface area contributed by atoms with Crippen LogP contribution < -0.4 is 10.6 Å². The van der Waals surface area contributed by atoms with E-state index in [9.17, 15) is 4.79 Å². The normalized spacial score (nSPS) is 19.7. The molecule has 0 aliphatic carbocycles. The first kappa shape index (κ1) is 25.4. The Labute approximate surface area is 202 Å². The molecule has 1 aromatic heterocycles. The van der Waals surface area contributed by atoms with Gasteiger partial charge in [-0.15, -0.1) is 35.3 Å². The molecule has 3 rings (SSSR count). The maximum absolute atomic E-state index is 12.6. The number of carbonyl (C=O) groups excluding carboxylic acids is 1. The molecule has 1 aromatic rings. The first-order valence-corrected chi connectivity index (χ1v) is 12.2. The maximum Gasteiger partial charge on any atom is 0.224 e. The molecular formula is C22H38IN5OS. The molecule has 1 atom stereocenters. The van der Waals surface area contributed by atoms with Gasteiger partial charge in [0.15, 0.2) is 5.96 Å². The number of hydrogen-bond donors (Lipinski definition) is 2. The van der Waals surface area contributed by atoms with E-state index in [0.29, 0.717) is 13.0 Å². The van der Waals surface area contributed by atoms with Crippen LogP contribution in [0.5, 0.6) is 0 Å². The number of likely N-dealkylation sites (tertiary alicyclic amines) is 1. The van der Waals surface area contributed by atoms with Crippen molar-refractivity contribution in [2.24, 2.45) is 4.99 Å². The topological polar surface area (TPSA) is 60.0 Å². The lowest BCUT2D eigenvalue weighted by molar-refractivity contribution is -0.131. The fraction of sp³-hybridized carbons (Fsp3) is 0.727. The van der Waals surface area contributed by atoms with Gasteiger partial charge in [-0.1, -0.05) is 13.3 Å². The standard InChI is InChI=1S/C22H37N5OS.HI/c1-3-19-7-5-6-13-26(19)15-12-25-22(23-4-2)24-11-8-21(28)27-14-9-20-18(17-27)10-16-29-20;/h10,16,19H,3-9,11-15,17H2,1-2H3,(H2,23,24,25);1H. The molecule has 8 heteroatoms. The number of halogens is 1. The highest BCUT2D eigenvalue weighted by molar-refractivity contribution is 14.0. The molecule has 1 amide bonds. The quantitative estimate of drug-likeness (QED) is 0.298. The molecule has 2 aliphatic rings. The van der Waals surface area contributed by atoms with Gasteiger partial charge in [-0.3, -0.25) is 14.7 Å². The van der Waals surface area contributed by atoms with Gasteiger partial charge in [0.05, 0.1) is 6.54 Å². The molecular weight excluding hydrogens is 509 g/mol. The van der Waals surface area contributed by atoms with E-state index >= 15 is 0 Å². The molecule has 2 N–H and O–H groups in total. The average Bonchev–Trinajstić information content (AvgIpc) is 3.22. The third-order valence-electron chi connectivity index (χ3n) is 6.01. The number of guanidine groups is 1. The number of aliphatic imine (C=N–C) groups is 1. The Morgan fingerprint density at radius 2 is 2.13 bits per heavy atom. The largest absolute Gasteiger partial charge is 0.357 e. The number of carbonyl (C=O) groups is 1. The molecule has 1 saturated heterocycles. The minimum atomic E-state index is 0. The Bertz CT molecular complexity index is 680. The summed E-state index contributed by atoms with van der Waals surface area (Å²) in [5.41, 5.74) is 1.32. The van der Waals surface area contributed by atoms with Gasteiger partial charge in [0.1, 0.15) is 0 Å². The zero-order valence-electron chi connectivity index (χ0n) is 18.5. The number of piperidine rings is 1. The average molecular weight is 548 g/mol. The number of amides is 1. The van der Waals surface area contributed by atoms with E-state index in [1.54, 1.807) is 0 Å². The van der Waals surface area contributed by atoms with Crippen molar-refractivity contribution >= 4 is 47.2 Å². The molecule has 0 spiro atoms. The van der Waals surface area contributed by atoms with Crippen LogP contribution >= 0.6 is 35.3 Å². The predicted octanol–water partition coefficient (Wildman–Crippen LogP) is 3.46. The fourth-order valence-electron chi connectivity index (χ4n) is 4.36. The molecule has 170 valence electrons. The van der Waals surface area contributed by atoms with E-state index < -0.39 is 0 Å². The molecule has 1 fully saturated rings. The van der Waals surface area contributed by atoms with Crippen molar-refractivity contribution in [2.45, 2.75) is 65.0 Å². The van der Waals surface area contributed by atoms with Crippen LogP contribution in [0.25, 0.3) is 0 Å². The summed E-state index contributed by atoms with van der Waals surface area (Å²) in [4.78, 5) is 23.3. The van der Waals surface area contributed by atoms with Crippen LogP contribution in [-0.4, -0.2) is 67.0 Å². The zero-order chi connectivity index (χ0) is 20.5. The van der Waals surface area contributed by atoms with Crippen molar-refractivity contribution in [2.75, 3.05) is 39.3 Å². The molecule has 1 unspecified atom stereocenters. The summed E-state index contributed by atoms with van der Waals surface area (Å²) in [6.45, 7) is 10.4. The summed E-state index contributed by atoms with van der Waals surface area (Å²) in [6.07, 6.45) is 6.72. The molecule has 0 aromatic carbocycles. The fourth-order valence-corrected chi connectivity index (χ4v) is 5.25. The minimum Gasteiger partial charge on any atom is -0.357 e. The van der Waals surface area contributed by atoms with Crippen LogP contribution in [0.15, 0.2) is 16.4 Å². The van der Waals surface area contributed by atoms with E-state index in [-0.39, 0.29) is 29.9 Å². The van der Waals surface area contributed by atoms with Crippen LogP contribution in [0.1, 0.15) is 56.4 Å². The second kappa shape index (κ2) is 13.5. The lowest BCUT2D eigenvalue weighted by Crippen LogP contribution is -2.42. The van der Waals surface area contributed by atoms with Crippen LogP contribution in [0, 0.1) is 0 Å². The highest BCUT2D eigenvalue weighted by atomic mass is 127. The summed E-state index contributed by atoms with van der Waals surface area (Å²) in [7, 11) is 0. The van der Waals surface area contributed by atoms with Gasteiger partial charge < -0.3 is 15.5 Å². The van der Waals surface area contributed by atoms with Gasteiger partial charge in [-0.05, 0) is 56.2 Å². The van der Waals surface area contributed by atoms with E-state index in [1.165, 1.54) is 42.7 Å². The van der Waals surface area contributed by atoms with Gasteiger partial charge in [0.2, 0.25) is 5.91 Å². The number of fused-ring (bicyclic) bond motifs is 1. The highest BCUT2D eigenvalue weighted by Crippen LogP contribution is 2.24. The summed E-state index contributed by atoms with van der Waals surface area (Å²) >= 11 is 1.81. The summed E-state index contributed by atoms with van der Waals surface area (Å²) in [6, 6.07) is 2.87. The number of nitrogens with zero attached hydrogens (tertiary/aromatic N) is 3. The van der Waals surface area contributed by atoms with Gasteiger partial charge in [0, 0.05) is 50.1 Å². The van der Waals surface area contributed by atoms with Crippen LogP contribution in [0.2, 0.25) is 0 Å². The number of nitrogens with one attached hydrogen (secondary N) is 2. The summed E-state index contributed by atoms with van der Waals surface area (Å²) in [5, 5.41) is 8.78. The smallest absolute Gasteiger partial charge is 0.224 e. The second-order valence-electron chi connectivity index (χ2n) is 7.97. The summed E-state index contributed by atoms with van der Waals surface area (Å²) in [5.74, 6) is 1.05. The van der Waals surface area contributed by atoms with Gasteiger partial charge in [0.25, 0.3) is 0 Å². The zero-order valence-corrected chi connectivity index (χ0v) is 21.6. The summed E-state index contributed by atoms with van der Waals surface area (Å²) < 4.78 is 0. The van der Waals surface area contributed by atoms with Crippen molar-refractivity contribution in [1.82, 2.24) is 20.4 Å². The molecule has 2 aliphatic heterocycles. The first-order chi connectivity index (χ1) is 14.2. The molecule has 0 saturated carbocycles. The van der Waals surface area contributed by atoms with E-state index in [4.69, 9.17) is 4.99 Å². The Morgan fingerprint density at radius 3 is 2.93 bits per heavy atom. The molecule has 30 heavy (non-hydrogen) atoms. The van der Waals surface area contributed by atoms with Crippen LogP contribution in [-0.2, 0) is 17.8 Å². The molecule has 6 nitrogen and oxygen atoms in total. The third-order valence-corrected chi connectivity index (χ3v) is 7.04. The van der Waals surface area contributed by atoms with Gasteiger partial charge >= 0.3 is 0 Å². The van der Waals surface area contributed by atoms with Crippen molar-refractivity contribution in [3.8, 4) is 0 Å². The van der Waals surface area contributed by atoms with Crippen molar-refractivity contribution < 1.29 is 4.79 Å². The lowest BCUT2D eigenvalue weighted by atomic mass is 10.0. The Balaban J connectivity index is 0.00000320. The Morgan fingerprint density at radius 1 is 1.27 bits per heavy atom. The van der Waals surface area contributed by atoms with E-state index in [0.717, 1.165) is 51.1 Å². The van der Waals surface area contributed by atoms with Crippen molar-refractivity contribution in [3.05, 3.63) is 21.9 Å². The van der Waals surface area contributed by atoms with E-state index in [2.05, 4.69) is 40.8 Å². The molecule has 0 bridgehead atoms. The van der Waals surface area contributed by atoms with Crippen LogP contribution in [0.4, 0.5) is 0 Å². The predicted molar refractivity (Wildman–Crippen MR) is 137 cm³/mol. The third kappa shape index (κ3) is 7.37. The van der Waals surface area contributed by atoms with Crippen molar-refractivity contribution in [3.63, 3.8) is 0 Å². The molecule has 0 radical (unpaired) electrons. The van der Waals surface area contributed by atoms with Crippen molar-refractivity contribution in [1.29, 1.82) is 0 Å². The number of rotatable bonds is 8. The first-order valence-electron chi connectivity index (χ1n) is 11.3. The monoisotopic (exact) mass is 547 g/mol. The SMILES string of the molecule is CCNC(=NCCN1CCCCC1CC)NCCC(=O)N1CCc2sccc2C1.I. The van der Waals surface area contributed by atoms with Gasteiger partial charge in [-0.2, -0.15) is 0 Å². The Hall–Kier alpha value is -0.870. The van der Waals surface area contributed by atoms with Gasteiger partial charge in [-0.25, -0.2) is 0 Å². The maximum atomic E-state index is 12.6. The second-order valence-corrected chi connectivity index (χ2v) is 8.97. The Kier molecular flexibility index (Phi) is 11.4. The highest BCUT2D eigenvalue weighted by Gasteiger charge is 2.21. The minimum absolute atomic E-state index is 0. The van der Waals surface area contributed by atoms with E-state index in [1.807, 2.05) is 16.2 Å². The van der Waals surface area contributed by atoms with Crippen LogP contribution in [0.3, 0.4) is 0 Å². The number of hydrogen-bond acceptors (Lipinski definition) is 4.